The molecule has 4 heterocycles. The van der Waals surface area contributed by atoms with Crippen LogP contribution < -0.4 is 0 Å². The molecule has 0 N–H and O–H groups in total. The van der Waals surface area contributed by atoms with E-state index in [9.17, 15) is 4.79 Å². The van der Waals surface area contributed by atoms with Crippen molar-refractivity contribution in [3.05, 3.63) is 46.9 Å². The Morgan fingerprint density at radius 2 is 2.38 bits per heavy atom. The molecule has 3 aromatic heterocycles. The van der Waals surface area contributed by atoms with Crippen molar-refractivity contribution < 1.29 is 13.7 Å². The predicted octanol–water partition coefficient (Wildman–Crippen LogP) is 3.49. The monoisotopic (exact) mass is 343 g/mol. The average Bonchev–Trinajstić information content (AvgIpc) is 3.35. The first-order valence-corrected chi connectivity index (χ1v) is 8.92. The number of nitrogens with zero attached hydrogens (tertiary/aromatic N) is 3. The van der Waals surface area contributed by atoms with Gasteiger partial charge in [-0.25, -0.2) is 0 Å². The first-order chi connectivity index (χ1) is 11.8. The van der Waals surface area contributed by atoms with Crippen LogP contribution in [0.1, 0.15) is 29.3 Å². The molecule has 0 radical (unpaired) electrons. The Morgan fingerprint density at radius 3 is 3.17 bits per heavy atom. The lowest BCUT2D eigenvalue weighted by Crippen LogP contribution is -2.40. The lowest BCUT2D eigenvalue weighted by Gasteiger charge is -2.31. The van der Waals surface area contributed by atoms with E-state index in [1.165, 1.54) is 6.26 Å². The maximum absolute atomic E-state index is 12.4. The minimum absolute atomic E-state index is 0.0470. The van der Waals surface area contributed by atoms with E-state index in [4.69, 9.17) is 8.94 Å². The van der Waals surface area contributed by atoms with Gasteiger partial charge in [-0.05, 0) is 42.3 Å². The van der Waals surface area contributed by atoms with Gasteiger partial charge in [-0.2, -0.15) is 16.3 Å². The molecule has 0 saturated carbocycles. The van der Waals surface area contributed by atoms with Crippen LogP contribution in [0.5, 0.6) is 0 Å². The maximum atomic E-state index is 12.4. The molecule has 1 aliphatic rings. The molecule has 0 bridgehead atoms. The van der Waals surface area contributed by atoms with Gasteiger partial charge < -0.3 is 13.8 Å². The quantitative estimate of drug-likeness (QED) is 0.725. The Balaban J connectivity index is 1.41. The minimum atomic E-state index is -0.0470. The van der Waals surface area contributed by atoms with Gasteiger partial charge in [0.05, 0.1) is 6.26 Å². The third-order valence-electron chi connectivity index (χ3n) is 4.25. The highest BCUT2D eigenvalue weighted by Gasteiger charge is 2.27. The summed E-state index contributed by atoms with van der Waals surface area (Å²) in [4.78, 5) is 18.7. The predicted molar refractivity (Wildman–Crippen MR) is 88.7 cm³/mol. The molecule has 6 nitrogen and oxygen atoms in total. The number of carbonyl (C=O) groups excluding carboxylic acids is 1. The maximum Gasteiger partial charge on any atom is 0.289 e. The zero-order valence-electron chi connectivity index (χ0n) is 13.1. The number of aromatic nitrogens is 2. The van der Waals surface area contributed by atoms with Crippen LogP contribution in [0.25, 0.3) is 11.4 Å². The number of piperidine rings is 1. The highest BCUT2D eigenvalue weighted by atomic mass is 32.1. The Hall–Kier alpha value is -2.41. The number of thiophene rings is 1. The standard InChI is InChI=1S/C17H17N3O3S/c21-17(14-4-2-7-22-14)20-6-1-3-12(10-20)9-15-18-16(19-23-15)13-5-8-24-11-13/h2,4-5,7-8,11-12H,1,3,6,9-10H2/t12-/m0/s1. The van der Waals surface area contributed by atoms with E-state index in [0.717, 1.165) is 24.9 Å². The Bertz CT molecular complexity index is 795. The molecule has 0 unspecified atom stereocenters. The Labute approximate surface area is 143 Å². The third-order valence-corrected chi connectivity index (χ3v) is 4.93. The van der Waals surface area contributed by atoms with Crippen molar-refractivity contribution >= 4 is 17.2 Å². The van der Waals surface area contributed by atoms with Crippen molar-refractivity contribution in [1.82, 2.24) is 15.0 Å². The summed E-state index contributed by atoms with van der Waals surface area (Å²) in [7, 11) is 0. The molecule has 124 valence electrons. The number of hydrogen-bond acceptors (Lipinski definition) is 6. The number of hydrogen-bond donors (Lipinski definition) is 0. The number of rotatable bonds is 4. The van der Waals surface area contributed by atoms with E-state index in [1.54, 1.807) is 23.5 Å². The van der Waals surface area contributed by atoms with Crippen molar-refractivity contribution in [3.63, 3.8) is 0 Å². The molecule has 7 heteroatoms. The molecular weight excluding hydrogens is 326 g/mol. The molecule has 0 spiro atoms. The smallest absolute Gasteiger partial charge is 0.289 e. The molecular formula is C17H17N3O3S. The highest BCUT2D eigenvalue weighted by Crippen LogP contribution is 2.24. The van der Waals surface area contributed by atoms with Gasteiger partial charge in [0.15, 0.2) is 5.76 Å². The van der Waals surface area contributed by atoms with Crippen molar-refractivity contribution in [2.75, 3.05) is 13.1 Å². The summed E-state index contributed by atoms with van der Waals surface area (Å²) in [6.07, 6.45) is 4.25. The molecule has 24 heavy (non-hydrogen) atoms. The Morgan fingerprint density at radius 1 is 1.42 bits per heavy atom. The minimum Gasteiger partial charge on any atom is -0.459 e. The second kappa shape index (κ2) is 6.60. The SMILES string of the molecule is O=C(c1ccco1)N1CCC[C@@H](Cc2nc(-c3ccsc3)no2)C1. The second-order valence-corrected chi connectivity index (χ2v) is 6.74. The average molecular weight is 343 g/mol. The first-order valence-electron chi connectivity index (χ1n) is 7.97. The van der Waals surface area contributed by atoms with Gasteiger partial charge >= 0.3 is 0 Å². The third kappa shape index (κ3) is 3.12. The van der Waals surface area contributed by atoms with Crippen LogP contribution in [0.3, 0.4) is 0 Å². The number of carbonyl (C=O) groups is 1. The summed E-state index contributed by atoms with van der Waals surface area (Å²) >= 11 is 1.61. The number of furan rings is 1. The molecule has 1 fully saturated rings. The fraction of sp³-hybridized carbons (Fsp3) is 0.353. The molecule has 1 amide bonds. The van der Waals surface area contributed by atoms with Gasteiger partial charge in [0, 0.05) is 30.5 Å². The highest BCUT2D eigenvalue weighted by molar-refractivity contribution is 7.08. The van der Waals surface area contributed by atoms with Gasteiger partial charge in [0.1, 0.15) is 0 Å². The number of amides is 1. The number of likely N-dealkylation sites (tertiary alicyclic amines) is 1. The van der Waals surface area contributed by atoms with Crippen molar-refractivity contribution in [2.45, 2.75) is 19.3 Å². The lowest BCUT2D eigenvalue weighted by molar-refractivity contribution is 0.0636. The fourth-order valence-electron chi connectivity index (χ4n) is 3.07. The largest absolute Gasteiger partial charge is 0.459 e. The van der Waals surface area contributed by atoms with Crippen LogP contribution in [0.15, 0.2) is 44.2 Å². The molecule has 0 aromatic carbocycles. The van der Waals surface area contributed by atoms with E-state index in [2.05, 4.69) is 10.1 Å². The normalized spacial score (nSPS) is 18.0. The van der Waals surface area contributed by atoms with Crippen molar-refractivity contribution in [3.8, 4) is 11.4 Å². The van der Waals surface area contributed by atoms with Crippen LogP contribution in [0, 0.1) is 5.92 Å². The fourth-order valence-corrected chi connectivity index (χ4v) is 3.70. The van der Waals surface area contributed by atoms with Crippen LogP contribution in [0.4, 0.5) is 0 Å². The zero-order chi connectivity index (χ0) is 16.4. The van der Waals surface area contributed by atoms with E-state index in [0.29, 0.717) is 36.4 Å². The molecule has 4 rings (SSSR count). The van der Waals surface area contributed by atoms with Crippen LogP contribution in [0.2, 0.25) is 0 Å². The molecule has 1 saturated heterocycles. The molecule has 0 aliphatic carbocycles. The van der Waals surface area contributed by atoms with Crippen molar-refractivity contribution in [1.29, 1.82) is 0 Å². The van der Waals surface area contributed by atoms with E-state index in [1.807, 2.05) is 21.7 Å². The summed E-state index contributed by atoms with van der Waals surface area (Å²) in [6, 6.07) is 5.42. The summed E-state index contributed by atoms with van der Waals surface area (Å²) < 4.78 is 10.6. The summed E-state index contributed by atoms with van der Waals surface area (Å²) in [5.41, 5.74) is 0.980. The lowest BCUT2D eigenvalue weighted by atomic mass is 9.94. The molecule has 3 aromatic rings. The van der Waals surface area contributed by atoms with Gasteiger partial charge in [-0.15, -0.1) is 0 Å². The Kier molecular flexibility index (Phi) is 4.17. The van der Waals surface area contributed by atoms with Crippen molar-refractivity contribution in [2.24, 2.45) is 5.92 Å². The van der Waals surface area contributed by atoms with Crippen LogP contribution in [-0.4, -0.2) is 34.0 Å². The topological polar surface area (TPSA) is 72.4 Å². The van der Waals surface area contributed by atoms with Crippen LogP contribution in [-0.2, 0) is 6.42 Å². The van der Waals surface area contributed by atoms with E-state index in [-0.39, 0.29) is 5.91 Å². The van der Waals surface area contributed by atoms with Gasteiger partial charge in [-0.3, -0.25) is 4.79 Å². The summed E-state index contributed by atoms with van der Waals surface area (Å²) in [6.45, 7) is 1.45. The zero-order valence-corrected chi connectivity index (χ0v) is 13.9. The molecule has 1 aliphatic heterocycles. The summed E-state index contributed by atoms with van der Waals surface area (Å²) in [5.74, 6) is 1.94. The second-order valence-electron chi connectivity index (χ2n) is 5.96. The molecule has 1 atom stereocenters. The van der Waals surface area contributed by atoms with E-state index >= 15 is 0 Å². The van der Waals surface area contributed by atoms with Gasteiger partial charge in [-0.1, -0.05) is 5.16 Å². The van der Waals surface area contributed by atoms with E-state index < -0.39 is 0 Å². The summed E-state index contributed by atoms with van der Waals surface area (Å²) in [5, 5.41) is 8.03. The van der Waals surface area contributed by atoms with Gasteiger partial charge in [0.25, 0.3) is 5.91 Å². The first kappa shape index (κ1) is 15.1. The van der Waals surface area contributed by atoms with Crippen LogP contribution >= 0.6 is 11.3 Å². The van der Waals surface area contributed by atoms with Gasteiger partial charge in [0.2, 0.25) is 11.7 Å².